The Bertz CT molecular complexity index is 792. The molecule has 0 saturated carbocycles. The van der Waals surface area contributed by atoms with Crippen molar-refractivity contribution in [3.8, 4) is 0 Å². The van der Waals surface area contributed by atoms with E-state index in [2.05, 4.69) is 31.4 Å². The monoisotopic (exact) mass is 361 g/mol. The van der Waals surface area contributed by atoms with E-state index in [9.17, 15) is 4.79 Å². The van der Waals surface area contributed by atoms with E-state index >= 15 is 0 Å². The number of anilines is 1. The molecule has 0 unspecified atom stereocenters. The molecular formula is C15H12BrN3O3. The van der Waals surface area contributed by atoms with E-state index in [4.69, 9.17) is 8.83 Å². The van der Waals surface area contributed by atoms with Crippen molar-refractivity contribution >= 4 is 27.5 Å². The number of carbonyl (C=O) groups excluding carboxylic acids is 1. The fourth-order valence-electron chi connectivity index (χ4n) is 1.92. The first kappa shape index (κ1) is 14.5. The molecule has 2 aromatic heterocycles. The highest BCUT2D eigenvalue weighted by molar-refractivity contribution is 9.10. The lowest BCUT2D eigenvalue weighted by atomic mass is 10.1. The fourth-order valence-corrected chi connectivity index (χ4v) is 2.23. The molecule has 0 spiro atoms. The zero-order valence-electron chi connectivity index (χ0n) is 11.7. The third-order valence-corrected chi connectivity index (χ3v) is 3.36. The Morgan fingerprint density at radius 1 is 1.14 bits per heavy atom. The average Bonchev–Trinajstić information content (AvgIpc) is 3.10. The Labute approximate surface area is 134 Å². The molecule has 0 saturated heterocycles. The molecule has 0 fully saturated rings. The zero-order chi connectivity index (χ0) is 15.5. The number of hydrogen-bond donors (Lipinski definition) is 1. The summed E-state index contributed by atoms with van der Waals surface area (Å²) in [5.74, 6) is 1.06. The molecule has 6 nitrogen and oxygen atoms in total. The van der Waals surface area contributed by atoms with Gasteiger partial charge in [0.2, 0.25) is 11.8 Å². The number of carbonyl (C=O) groups is 1. The van der Waals surface area contributed by atoms with E-state index in [1.54, 1.807) is 19.1 Å². The minimum atomic E-state index is -0.300. The largest absolute Gasteiger partial charge is 0.444 e. The predicted molar refractivity (Wildman–Crippen MR) is 82.6 cm³/mol. The van der Waals surface area contributed by atoms with Gasteiger partial charge in [-0.05, 0) is 45.8 Å². The van der Waals surface area contributed by atoms with Gasteiger partial charge in [0.25, 0.3) is 5.91 Å². The van der Waals surface area contributed by atoms with E-state index in [0.29, 0.717) is 28.6 Å². The number of aryl methyl sites for hydroxylation is 1. The van der Waals surface area contributed by atoms with Gasteiger partial charge in [-0.3, -0.25) is 4.79 Å². The molecule has 0 aliphatic heterocycles. The molecular weight excluding hydrogens is 350 g/mol. The van der Waals surface area contributed by atoms with Crippen molar-refractivity contribution in [1.29, 1.82) is 0 Å². The van der Waals surface area contributed by atoms with Gasteiger partial charge >= 0.3 is 0 Å². The van der Waals surface area contributed by atoms with E-state index in [-0.39, 0.29) is 11.7 Å². The van der Waals surface area contributed by atoms with Crippen molar-refractivity contribution in [2.24, 2.45) is 0 Å². The molecule has 112 valence electrons. The maximum absolute atomic E-state index is 11.9. The molecule has 3 aromatic rings. The maximum Gasteiger partial charge on any atom is 0.291 e. The number of halogens is 1. The van der Waals surface area contributed by atoms with Crippen molar-refractivity contribution in [3.05, 3.63) is 64.2 Å². The third kappa shape index (κ3) is 3.43. The van der Waals surface area contributed by atoms with Crippen LogP contribution in [0, 0.1) is 6.92 Å². The van der Waals surface area contributed by atoms with Crippen LogP contribution in [0.4, 0.5) is 5.69 Å². The molecule has 0 atom stereocenters. The fraction of sp³-hybridized carbons (Fsp3) is 0.133. The van der Waals surface area contributed by atoms with Gasteiger partial charge in [-0.15, -0.1) is 10.2 Å². The third-order valence-electron chi connectivity index (χ3n) is 2.93. The average molecular weight is 362 g/mol. The van der Waals surface area contributed by atoms with Gasteiger partial charge in [0.05, 0.1) is 6.42 Å². The number of benzene rings is 1. The van der Waals surface area contributed by atoms with E-state index in [0.717, 1.165) is 5.56 Å². The Hall–Kier alpha value is -2.41. The number of hydrogen-bond acceptors (Lipinski definition) is 5. The first-order valence-electron chi connectivity index (χ1n) is 6.55. The van der Waals surface area contributed by atoms with E-state index in [1.807, 2.05) is 24.3 Å². The van der Waals surface area contributed by atoms with Crippen molar-refractivity contribution < 1.29 is 13.6 Å². The zero-order valence-corrected chi connectivity index (χ0v) is 13.3. The van der Waals surface area contributed by atoms with Crippen LogP contribution in [0.25, 0.3) is 0 Å². The van der Waals surface area contributed by atoms with E-state index < -0.39 is 0 Å². The minimum Gasteiger partial charge on any atom is -0.444 e. The van der Waals surface area contributed by atoms with Gasteiger partial charge in [-0.25, -0.2) is 0 Å². The van der Waals surface area contributed by atoms with E-state index in [1.165, 1.54) is 0 Å². The van der Waals surface area contributed by atoms with Gasteiger partial charge in [0.1, 0.15) is 0 Å². The normalized spacial score (nSPS) is 10.6. The SMILES string of the molecule is Cc1nnc(Cc2ccc(NC(=O)c3ccc(Br)o3)cc2)o1. The van der Waals surface area contributed by atoms with Crippen molar-refractivity contribution in [1.82, 2.24) is 10.2 Å². The second kappa shape index (κ2) is 6.15. The smallest absolute Gasteiger partial charge is 0.291 e. The van der Waals surface area contributed by atoms with Crippen LogP contribution in [0.2, 0.25) is 0 Å². The molecule has 7 heteroatoms. The molecule has 2 heterocycles. The van der Waals surface area contributed by atoms with Crippen LogP contribution in [-0.4, -0.2) is 16.1 Å². The Kier molecular flexibility index (Phi) is 4.06. The molecule has 1 amide bonds. The number of furan rings is 1. The quantitative estimate of drug-likeness (QED) is 0.767. The van der Waals surface area contributed by atoms with Crippen LogP contribution in [0.15, 0.2) is 49.9 Å². The van der Waals surface area contributed by atoms with Crippen LogP contribution in [0.1, 0.15) is 27.9 Å². The second-order valence-electron chi connectivity index (χ2n) is 4.65. The lowest BCUT2D eigenvalue weighted by molar-refractivity contribution is 0.0995. The summed E-state index contributed by atoms with van der Waals surface area (Å²) in [5, 5.41) is 10.5. The summed E-state index contributed by atoms with van der Waals surface area (Å²) in [4.78, 5) is 11.9. The van der Waals surface area contributed by atoms with Gasteiger partial charge in [-0.2, -0.15) is 0 Å². The van der Waals surface area contributed by atoms with Gasteiger partial charge in [-0.1, -0.05) is 12.1 Å². The molecule has 0 aliphatic rings. The second-order valence-corrected chi connectivity index (χ2v) is 5.43. The lowest BCUT2D eigenvalue weighted by Crippen LogP contribution is -2.10. The van der Waals surface area contributed by atoms with Crippen molar-refractivity contribution in [2.75, 3.05) is 5.32 Å². The minimum absolute atomic E-state index is 0.247. The molecule has 1 N–H and O–H groups in total. The summed E-state index contributed by atoms with van der Waals surface area (Å²) < 4.78 is 11.0. The highest BCUT2D eigenvalue weighted by Gasteiger charge is 2.11. The highest BCUT2D eigenvalue weighted by Crippen LogP contribution is 2.17. The molecule has 1 aromatic carbocycles. The molecule has 0 bridgehead atoms. The van der Waals surface area contributed by atoms with Gasteiger partial charge in [0, 0.05) is 12.6 Å². The lowest BCUT2D eigenvalue weighted by Gasteiger charge is -2.04. The highest BCUT2D eigenvalue weighted by atomic mass is 79.9. The number of nitrogens with zero attached hydrogens (tertiary/aromatic N) is 2. The summed E-state index contributed by atoms with van der Waals surface area (Å²) in [5.41, 5.74) is 1.70. The van der Waals surface area contributed by atoms with Crippen LogP contribution in [0.5, 0.6) is 0 Å². The molecule has 22 heavy (non-hydrogen) atoms. The summed E-state index contributed by atoms with van der Waals surface area (Å²) in [6.07, 6.45) is 0.556. The first-order valence-corrected chi connectivity index (χ1v) is 7.34. The molecule has 3 rings (SSSR count). The number of aromatic nitrogens is 2. The summed E-state index contributed by atoms with van der Waals surface area (Å²) in [6.45, 7) is 1.75. The Balaban J connectivity index is 1.65. The van der Waals surface area contributed by atoms with Crippen LogP contribution >= 0.6 is 15.9 Å². The van der Waals surface area contributed by atoms with Crippen molar-refractivity contribution in [3.63, 3.8) is 0 Å². The molecule has 0 aliphatic carbocycles. The van der Waals surface area contributed by atoms with Gasteiger partial charge in [0.15, 0.2) is 10.4 Å². The van der Waals surface area contributed by atoms with Crippen LogP contribution in [-0.2, 0) is 6.42 Å². The summed E-state index contributed by atoms with van der Waals surface area (Å²) in [7, 11) is 0. The number of rotatable bonds is 4. The van der Waals surface area contributed by atoms with Crippen LogP contribution in [0.3, 0.4) is 0 Å². The predicted octanol–water partition coefficient (Wildman–Crippen LogP) is 3.58. The first-order chi connectivity index (χ1) is 10.6. The number of nitrogens with one attached hydrogen (secondary N) is 1. The maximum atomic E-state index is 11.9. The topological polar surface area (TPSA) is 81.2 Å². The summed E-state index contributed by atoms with van der Waals surface area (Å²) in [6, 6.07) is 10.7. The Morgan fingerprint density at radius 2 is 1.91 bits per heavy atom. The van der Waals surface area contributed by atoms with Gasteiger partial charge < -0.3 is 14.2 Å². The number of amides is 1. The Morgan fingerprint density at radius 3 is 2.50 bits per heavy atom. The standard InChI is InChI=1S/C15H12BrN3O3/c1-9-18-19-14(21-9)8-10-2-4-11(5-3-10)17-15(20)12-6-7-13(16)22-12/h2-7H,8H2,1H3,(H,17,20). The van der Waals surface area contributed by atoms with Crippen LogP contribution < -0.4 is 5.32 Å². The summed E-state index contributed by atoms with van der Waals surface area (Å²) >= 11 is 3.16. The van der Waals surface area contributed by atoms with Crippen molar-refractivity contribution in [2.45, 2.75) is 13.3 Å². The molecule has 0 radical (unpaired) electrons.